The fourth-order valence-electron chi connectivity index (χ4n) is 1.87. The summed E-state index contributed by atoms with van der Waals surface area (Å²) in [5, 5.41) is 5.89. The van der Waals surface area contributed by atoms with Crippen molar-refractivity contribution in [1.29, 1.82) is 0 Å². The highest BCUT2D eigenvalue weighted by Crippen LogP contribution is 2.18. The second-order valence-corrected chi connectivity index (χ2v) is 5.20. The van der Waals surface area contributed by atoms with Gasteiger partial charge in [-0.1, -0.05) is 12.1 Å². The normalized spacial score (nSPS) is 11.9. The quantitative estimate of drug-likeness (QED) is 0.461. The van der Waals surface area contributed by atoms with Crippen molar-refractivity contribution in [1.82, 2.24) is 10.6 Å². The highest BCUT2D eigenvalue weighted by Gasteiger charge is 2.26. The molecule has 140 valence electrons. The number of primary amides is 1. The summed E-state index contributed by atoms with van der Waals surface area (Å²) in [5.41, 5.74) is 6.00. The van der Waals surface area contributed by atoms with E-state index in [1.807, 2.05) is 19.1 Å². The minimum absolute atomic E-state index is 0.179. The molecule has 0 fully saturated rings. The number of hydrogen-bond donors (Lipinski definition) is 3. The second kappa shape index (κ2) is 10.4. The van der Waals surface area contributed by atoms with Gasteiger partial charge in [-0.2, -0.15) is 13.2 Å². The largest absolute Gasteiger partial charge is 0.484 e. The van der Waals surface area contributed by atoms with Crippen LogP contribution in [0.15, 0.2) is 29.3 Å². The van der Waals surface area contributed by atoms with Gasteiger partial charge in [0.2, 0.25) is 0 Å². The van der Waals surface area contributed by atoms with Crippen molar-refractivity contribution in [2.24, 2.45) is 10.7 Å². The van der Waals surface area contributed by atoms with E-state index in [0.717, 1.165) is 5.56 Å². The number of rotatable bonds is 9. The fraction of sp³-hybridized carbons (Fsp3) is 0.500. The summed E-state index contributed by atoms with van der Waals surface area (Å²) in [7, 11) is 0. The molecule has 0 bridgehead atoms. The van der Waals surface area contributed by atoms with Crippen molar-refractivity contribution in [2.45, 2.75) is 25.9 Å². The Morgan fingerprint density at radius 1 is 1.24 bits per heavy atom. The molecular formula is C16H23F3N4O2. The summed E-state index contributed by atoms with van der Waals surface area (Å²) in [4.78, 5) is 14.5. The first-order valence-corrected chi connectivity index (χ1v) is 7.89. The number of hydrogen-bond acceptors (Lipinski definition) is 3. The topological polar surface area (TPSA) is 88.7 Å². The van der Waals surface area contributed by atoms with Crippen LogP contribution in [-0.4, -0.2) is 44.3 Å². The Morgan fingerprint density at radius 3 is 2.48 bits per heavy atom. The molecule has 0 aromatic heterocycles. The highest BCUT2D eigenvalue weighted by atomic mass is 19.4. The molecule has 0 heterocycles. The molecule has 0 spiro atoms. The molecule has 6 nitrogen and oxygen atoms in total. The predicted molar refractivity (Wildman–Crippen MR) is 89.5 cm³/mol. The van der Waals surface area contributed by atoms with Crippen LogP contribution in [0.4, 0.5) is 13.2 Å². The zero-order valence-corrected chi connectivity index (χ0v) is 14.0. The smallest absolute Gasteiger partial charge is 0.390 e. The van der Waals surface area contributed by atoms with Crippen LogP contribution in [0.1, 0.15) is 18.9 Å². The molecule has 0 saturated carbocycles. The number of alkyl halides is 3. The number of amides is 1. The SMILES string of the molecule is CCNC(=NCCC(F)(F)F)NCCc1ccc(OCC(N)=O)cc1. The predicted octanol–water partition coefficient (Wildman–Crippen LogP) is 1.60. The molecule has 0 aliphatic rings. The molecule has 9 heteroatoms. The molecule has 1 aromatic carbocycles. The van der Waals surface area contributed by atoms with E-state index in [-0.39, 0.29) is 13.2 Å². The lowest BCUT2D eigenvalue weighted by atomic mass is 10.1. The number of nitrogens with two attached hydrogens (primary N) is 1. The van der Waals surface area contributed by atoms with Gasteiger partial charge in [-0.3, -0.25) is 9.79 Å². The van der Waals surface area contributed by atoms with Crippen molar-refractivity contribution in [2.75, 3.05) is 26.2 Å². The van der Waals surface area contributed by atoms with Crippen molar-refractivity contribution >= 4 is 11.9 Å². The van der Waals surface area contributed by atoms with E-state index in [2.05, 4.69) is 15.6 Å². The Morgan fingerprint density at radius 2 is 1.92 bits per heavy atom. The first kappa shape index (κ1) is 20.6. The van der Waals surface area contributed by atoms with E-state index in [9.17, 15) is 18.0 Å². The number of halogens is 3. The van der Waals surface area contributed by atoms with Crippen LogP contribution in [0.5, 0.6) is 5.75 Å². The lowest BCUT2D eigenvalue weighted by Crippen LogP contribution is -2.38. The molecule has 1 aromatic rings. The van der Waals surface area contributed by atoms with Crippen LogP contribution in [-0.2, 0) is 11.2 Å². The summed E-state index contributed by atoms with van der Waals surface area (Å²) < 4.78 is 41.6. The van der Waals surface area contributed by atoms with E-state index in [4.69, 9.17) is 10.5 Å². The Kier molecular flexibility index (Phi) is 8.59. The molecule has 1 rings (SSSR count). The molecular weight excluding hydrogens is 337 g/mol. The van der Waals surface area contributed by atoms with Gasteiger partial charge in [0.1, 0.15) is 5.75 Å². The zero-order valence-electron chi connectivity index (χ0n) is 14.0. The summed E-state index contributed by atoms with van der Waals surface area (Å²) in [6.07, 6.45) is -4.50. The van der Waals surface area contributed by atoms with E-state index in [1.165, 1.54) is 0 Å². The fourth-order valence-corrected chi connectivity index (χ4v) is 1.87. The van der Waals surface area contributed by atoms with Gasteiger partial charge >= 0.3 is 6.18 Å². The van der Waals surface area contributed by atoms with Gasteiger partial charge in [0, 0.05) is 13.1 Å². The number of guanidine groups is 1. The molecule has 0 saturated heterocycles. The number of nitrogens with one attached hydrogen (secondary N) is 2. The molecule has 0 radical (unpaired) electrons. The van der Waals surface area contributed by atoms with Crippen LogP contribution in [0.25, 0.3) is 0 Å². The molecule has 0 aliphatic carbocycles. The van der Waals surface area contributed by atoms with Crippen LogP contribution < -0.4 is 21.1 Å². The van der Waals surface area contributed by atoms with Gasteiger partial charge in [-0.05, 0) is 31.0 Å². The summed E-state index contributed by atoms with van der Waals surface area (Å²) in [6, 6.07) is 7.12. The van der Waals surface area contributed by atoms with Gasteiger partial charge < -0.3 is 21.1 Å². The standard InChI is InChI=1S/C16H23F3N4O2/c1-2-21-15(23-10-8-16(17,18)19)22-9-7-12-3-5-13(6-4-12)25-11-14(20)24/h3-6H,2,7-11H2,1H3,(H2,20,24)(H2,21,22,23). The van der Waals surface area contributed by atoms with Gasteiger partial charge in [-0.15, -0.1) is 0 Å². The highest BCUT2D eigenvalue weighted by molar-refractivity contribution is 5.79. The van der Waals surface area contributed by atoms with Gasteiger partial charge in [0.25, 0.3) is 5.91 Å². The van der Waals surface area contributed by atoms with Crippen molar-refractivity contribution in [3.63, 3.8) is 0 Å². The van der Waals surface area contributed by atoms with E-state index in [1.54, 1.807) is 12.1 Å². The van der Waals surface area contributed by atoms with Crippen molar-refractivity contribution in [3.8, 4) is 5.75 Å². The Balaban J connectivity index is 2.41. The lowest BCUT2D eigenvalue weighted by molar-refractivity contribution is -0.132. The molecule has 1 amide bonds. The monoisotopic (exact) mass is 360 g/mol. The molecule has 0 aliphatic heterocycles. The third kappa shape index (κ3) is 10.1. The maximum absolute atomic E-state index is 12.2. The van der Waals surface area contributed by atoms with E-state index < -0.39 is 18.5 Å². The maximum atomic E-state index is 12.2. The lowest BCUT2D eigenvalue weighted by Gasteiger charge is -2.12. The summed E-state index contributed by atoms with van der Waals surface area (Å²) >= 11 is 0. The molecule has 25 heavy (non-hydrogen) atoms. The number of carbonyl (C=O) groups is 1. The average Bonchev–Trinajstić information content (AvgIpc) is 2.53. The van der Waals surface area contributed by atoms with E-state index >= 15 is 0 Å². The number of aliphatic imine (C=N–C) groups is 1. The molecule has 0 unspecified atom stereocenters. The van der Waals surface area contributed by atoms with Crippen LogP contribution >= 0.6 is 0 Å². The minimum Gasteiger partial charge on any atom is -0.484 e. The first-order valence-electron chi connectivity index (χ1n) is 7.89. The van der Waals surface area contributed by atoms with E-state index in [0.29, 0.717) is 31.2 Å². The molecule has 0 atom stereocenters. The Hall–Kier alpha value is -2.45. The minimum atomic E-state index is -4.21. The first-order chi connectivity index (χ1) is 11.8. The maximum Gasteiger partial charge on any atom is 0.390 e. The number of ether oxygens (including phenoxy) is 1. The number of benzene rings is 1. The Bertz CT molecular complexity index is 559. The van der Waals surface area contributed by atoms with Crippen LogP contribution in [0, 0.1) is 0 Å². The van der Waals surface area contributed by atoms with Gasteiger partial charge in [0.05, 0.1) is 13.0 Å². The number of carbonyl (C=O) groups excluding carboxylic acids is 1. The van der Waals surface area contributed by atoms with Crippen LogP contribution in [0.2, 0.25) is 0 Å². The van der Waals surface area contributed by atoms with Crippen molar-refractivity contribution in [3.05, 3.63) is 29.8 Å². The third-order valence-corrected chi connectivity index (χ3v) is 3.02. The van der Waals surface area contributed by atoms with Crippen molar-refractivity contribution < 1.29 is 22.7 Å². The zero-order chi connectivity index (χ0) is 18.7. The summed E-state index contributed by atoms with van der Waals surface area (Å²) in [6.45, 7) is 2.42. The third-order valence-electron chi connectivity index (χ3n) is 3.02. The Labute approximate surface area is 144 Å². The van der Waals surface area contributed by atoms with Crippen LogP contribution in [0.3, 0.4) is 0 Å². The van der Waals surface area contributed by atoms with Gasteiger partial charge in [0.15, 0.2) is 12.6 Å². The summed E-state index contributed by atoms with van der Waals surface area (Å²) in [5.74, 6) is 0.347. The molecule has 4 N–H and O–H groups in total. The second-order valence-electron chi connectivity index (χ2n) is 5.20. The van der Waals surface area contributed by atoms with Gasteiger partial charge in [-0.25, -0.2) is 0 Å². The number of nitrogens with zero attached hydrogens (tertiary/aromatic N) is 1. The average molecular weight is 360 g/mol.